The third-order valence-electron chi connectivity index (χ3n) is 4.25. The molecule has 0 bridgehead atoms. The van der Waals surface area contributed by atoms with Crippen LogP contribution in [0.3, 0.4) is 0 Å². The van der Waals surface area contributed by atoms with Crippen LogP contribution in [-0.2, 0) is 11.2 Å². The summed E-state index contributed by atoms with van der Waals surface area (Å²) in [6.45, 7) is 0. The second-order valence-corrected chi connectivity index (χ2v) is 6.51. The standard InChI is InChI=1S/C21H33NO2/c22-21(24)14-12-10-8-6-4-2-1-3-5-7-9-11-13-19-15-17-20(23)18-16-19/h7,9,15-18,23H,1-6,8,10-14H2,(H2,22,24). The van der Waals surface area contributed by atoms with Crippen LogP contribution in [0, 0.1) is 0 Å². The first-order chi connectivity index (χ1) is 11.7. The van der Waals surface area contributed by atoms with Crippen molar-refractivity contribution >= 4 is 5.91 Å². The Balaban J connectivity index is 1.84. The minimum atomic E-state index is -0.175. The quantitative estimate of drug-likeness (QED) is 0.360. The first kappa shape index (κ1) is 20.3. The Bertz CT molecular complexity index is 465. The van der Waals surface area contributed by atoms with Crippen molar-refractivity contribution in [1.82, 2.24) is 0 Å². The molecular formula is C21H33NO2. The van der Waals surface area contributed by atoms with E-state index in [1.807, 2.05) is 12.1 Å². The molecule has 3 heteroatoms. The van der Waals surface area contributed by atoms with Crippen molar-refractivity contribution in [3.05, 3.63) is 42.0 Å². The Morgan fingerprint density at radius 2 is 1.38 bits per heavy atom. The first-order valence-corrected chi connectivity index (χ1v) is 9.39. The van der Waals surface area contributed by atoms with Gasteiger partial charge in [0.1, 0.15) is 5.75 Å². The molecule has 0 radical (unpaired) electrons. The van der Waals surface area contributed by atoms with Crippen LogP contribution in [0.2, 0.25) is 0 Å². The van der Waals surface area contributed by atoms with E-state index in [1.165, 1.54) is 50.5 Å². The molecule has 0 heterocycles. The van der Waals surface area contributed by atoms with Gasteiger partial charge in [-0.3, -0.25) is 4.79 Å². The molecule has 1 aromatic carbocycles. The lowest BCUT2D eigenvalue weighted by Crippen LogP contribution is -2.09. The van der Waals surface area contributed by atoms with Crippen LogP contribution in [0.5, 0.6) is 5.75 Å². The van der Waals surface area contributed by atoms with Gasteiger partial charge >= 0.3 is 0 Å². The Labute approximate surface area is 147 Å². The second-order valence-electron chi connectivity index (χ2n) is 6.51. The molecule has 3 nitrogen and oxygen atoms in total. The molecule has 0 aliphatic rings. The van der Waals surface area contributed by atoms with E-state index < -0.39 is 0 Å². The maximum Gasteiger partial charge on any atom is 0.217 e. The summed E-state index contributed by atoms with van der Waals surface area (Å²) in [5, 5.41) is 9.23. The Hall–Kier alpha value is -1.77. The molecule has 0 saturated heterocycles. The Morgan fingerprint density at radius 1 is 0.833 bits per heavy atom. The van der Waals surface area contributed by atoms with Crippen molar-refractivity contribution in [2.45, 2.75) is 77.0 Å². The minimum Gasteiger partial charge on any atom is -0.508 e. The average molecular weight is 331 g/mol. The van der Waals surface area contributed by atoms with Gasteiger partial charge in [-0.1, -0.05) is 62.8 Å². The van der Waals surface area contributed by atoms with Gasteiger partial charge in [0.2, 0.25) is 5.91 Å². The van der Waals surface area contributed by atoms with Crippen molar-refractivity contribution in [3.8, 4) is 5.75 Å². The smallest absolute Gasteiger partial charge is 0.217 e. The van der Waals surface area contributed by atoms with E-state index in [0.717, 1.165) is 25.7 Å². The SMILES string of the molecule is NC(=O)CCCCCCCCCCC=CCCc1ccc(O)cc1. The maximum atomic E-state index is 10.6. The number of allylic oxidation sites excluding steroid dienone is 2. The van der Waals surface area contributed by atoms with Gasteiger partial charge in [-0.15, -0.1) is 0 Å². The molecule has 0 aliphatic heterocycles. The third kappa shape index (κ3) is 11.8. The zero-order chi connectivity index (χ0) is 17.5. The van der Waals surface area contributed by atoms with Crippen LogP contribution >= 0.6 is 0 Å². The van der Waals surface area contributed by atoms with E-state index in [9.17, 15) is 9.90 Å². The van der Waals surface area contributed by atoms with E-state index in [0.29, 0.717) is 12.2 Å². The van der Waals surface area contributed by atoms with Gasteiger partial charge < -0.3 is 10.8 Å². The Kier molecular flexibility index (Phi) is 11.5. The van der Waals surface area contributed by atoms with Crippen LogP contribution < -0.4 is 5.73 Å². The zero-order valence-corrected chi connectivity index (χ0v) is 14.9. The number of aromatic hydroxyl groups is 1. The monoisotopic (exact) mass is 331 g/mol. The summed E-state index contributed by atoms with van der Waals surface area (Å²) >= 11 is 0. The molecule has 134 valence electrons. The lowest BCUT2D eigenvalue weighted by Gasteiger charge is -2.01. The van der Waals surface area contributed by atoms with Crippen LogP contribution in [0.25, 0.3) is 0 Å². The second kappa shape index (κ2) is 13.6. The molecule has 0 unspecified atom stereocenters. The number of aryl methyl sites for hydroxylation is 1. The van der Waals surface area contributed by atoms with E-state index in [2.05, 4.69) is 12.2 Å². The molecule has 0 spiro atoms. The number of benzene rings is 1. The number of primary amides is 1. The summed E-state index contributed by atoms with van der Waals surface area (Å²) in [7, 11) is 0. The number of rotatable bonds is 14. The molecule has 24 heavy (non-hydrogen) atoms. The van der Waals surface area contributed by atoms with Crippen molar-refractivity contribution in [3.63, 3.8) is 0 Å². The van der Waals surface area contributed by atoms with E-state index in [-0.39, 0.29) is 5.91 Å². The summed E-state index contributed by atoms with van der Waals surface area (Å²) < 4.78 is 0. The van der Waals surface area contributed by atoms with Crippen molar-refractivity contribution in [2.75, 3.05) is 0 Å². The first-order valence-electron chi connectivity index (χ1n) is 9.39. The molecule has 3 N–H and O–H groups in total. The summed E-state index contributed by atoms with van der Waals surface area (Å²) in [4.78, 5) is 10.6. The molecule has 1 aromatic rings. The predicted octanol–water partition coefficient (Wildman–Crippen LogP) is 5.27. The van der Waals surface area contributed by atoms with E-state index >= 15 is 0 Å². The molecule has 1 rings (SSSR count). The highest BCUT2D eigenvalue weighted by Crippen LogP contribution is 2.12. The third-order valence-corrected chi connectivity index (χ3v) is 4.25. The fourth-order valence-corrected chi connectivity index (χ4v) is 2.77. The highest BCUT2D eigenvalue weighted by molar-refractivity contribution is 5.73. The summed E-state index contributed by atoms with van der Waals surface area (Å²) in [5.41, 5.74) is 6.38. The number of unbranched alkanes of at least 4 members (excludes halogenated alkanes) is 8. The van der Waals surface area contributed by atoms with Crippen molar-refractivity contribution in [2.24, 2.45) is 5.73 Å². The van der Waals surface area contributed by atoms with Crippen molar-refractivity contribution in [1.29, 1.82) is 0 Å². The molecule has 0 aliphatic carbocycles. The molecule has 0 fully saturated rings. The Morgan fingerprint density at radius 3 is 2.00 bits per heavy atom. The topological polar surface area (TPSA) is 63.3 Å². The number of carbonyl (C=O) groups excluding carboxylic acids is 1. The number of phenols is 1. The van der Waals surface area contributed by atoms with Gasteiger partial charge in [-0.05, 0) is 49.8 Å². The van der Waals surface area contributed by atoms with Crippen LogP contribution in [-0.4, -0.2) is 11.0 Å². The normalized spacial score (nSPS) is 11.2. The maximum absolute atomic E-state index is 10.6. The molecule has 1 amide bonds. The van der Waals surface area contributed by atoms with Gasteiger partial charge in [-0.2, -0.15) is 0 Å². The van der Waals surface area contributed by atoms with Gasteiger partial charge in [0.25, 0.3) is 0 Å². The number of nitrogens with two attached hydrogens (primary N) is 1. The van der Waals surface area contributed by atoms with Crippen LogP contribution in [0.1, 0.15) is 76.2 Å². The fourth-order valence-electron chi connectivity index (χ4n) is 2.77. The summed E-state index contributed by atoms with van der Waals surface area (Å²) in [6.07, 6.45) is 18.2. The van der Waals surface area contributed by atoms with Crippen LogP contribution in [0.15, 0.2) is 36.4 Å². The molecule has 0 saturated carbocycles. The summed E-state index contributed by atoms with van der Waals surface area (Å²) in [5.74, 6) is 0.158. The predicted molar refractivity (Wildman–Crippen MR) is 101 cm³/mol. The van der Waals surface area contributed by atoms with Gasteiger partial charge in [0, 0.05) is 6.42 Å². The lowest BCUT2D eigenvalue weighted by atomic mass is 10.1. The number of carbonyl (C=O) groups is 1. The van der Waals surface area contributed by atoms with Crippen LogP contribution in [0.4, 0.5) is 0 Å². The minimum absolute atomic E-state index is 0.175. The van der Waals surface area contributed by atoms with Gasteiger partial charge in [0.05, 0.1) is 0 Å². The highest BCUT2D eigenvalue weighted by atomic mass is 16.3. The number of amides is 1. The number of phenolic OH excluding ortho intramolecular Hbond substituents is 1. The van der Waals surface area contributed by atoms with Gasteiger partial charge in [0.15, 0.2) is 0 Å². The summed E-state index contributed by atoms with van der Waals surface area (Å²) in [6, 6.07) is 7.46. The van der Waals surface area contributed by atoms with Crippen molar-refractivity contribution < 1.29 is 9.90 Å². The van der Waals surface area contributed by atoms with E-state index in [1.54, 1.807) is 12.1 Å². The largest absolute Gasteiger partial charge is 0.508 e. The van der Waals surface area contributed by atoms with Gasteiger partial charge in [-0.25, -0.2) is 0 Å². The van der Waals surface area contributed by atoms with E-state index in [4.69, 9.17) is 5.73 Å². The zero-order valence-electron chi connectivity index (χ0n) is 14.9. The molecule has 0 atom stereocenters. The molecule has 0 aromatic heterocycles. The number of hydrogen-bond donors (Lipinski definition) is 2. The fraction of sp³-hybridized carbons (Fsp3) is 0.571. The molecular weight excluding hydrogens is 298 g/mol. The average Bonchev–Trinajstić information content (AvgIpc) is 2.56. The lowest BCUT2D eigenvalue weighted by molar-refractivity contribution is -0.118. The highest BCUT2D eigenvalue weighted by Gasteiger charge is 1.95. The number of hydrogen-bond acceptors (Lipinski definition) is 2.